The minimum absolute atomic E-state index is 0.176. The number of ether oxygens (including phenoxy) is 2. The van der Waals surface area contributed by atoms with Crippen molar-refractivity contribution in [3.05, 3.63) is 48.5 Å². The number of nitrogens with one attached hydrogen (secondary N) is 1. The molecule has 206 valence electrons. The van der Waals surface area contributed by atoms with Crippen LogP contribution >= 0.6 is 19.3 Å². The summed E-state index contributed by atoms with van der Waals surface area (Å²) < 4.78 is 52.6. The Labute approximate surface area is 223 Å². The summed E-state index contributed by atoms with van der Waals surface area (Å²) in [6, 6.07) is 6.99. The zero-order valence-electron chi connectivity index (χ0n) is 21.0. The number of carbonyl (C=O) groups excluding carboxylic acids is 1. The minimum atomic E-state index is -4.29. The van der Waals surface area contributed by atoms with E-state index in [1.54, 1.807) is 39.0 Å². The Balaban J connectivity index is 1.55. The van der Waals surface area contributed by atoms with E-state index in [1.165, 1.54) is 36.0 Å². The van der Waals surface area contributed by atoms with Crippen LogP contribution in [0.15, 0.2) is 42.7 Å². The van der Waals surface area contributed by atoms with Crippen LogP contribution in [0.2, 0.25) is 0 Å². The Bertz CT molecular complexity index is 1330. The molecule has 1 saturated heterocycles. The molecular formula is C23H28ClFN5O7P. The molecule has 0 aliphatic carbocycles. The largest absolute Gasteiger partial charge is 0.462 e. The molecule has 0 spiro atoms. The predicted molar refractivity (Wildman–Crippen MR) is 134 cm³/mol. The summed E-state index contributed by atoms with van der Waals surface area (Å²) >= 11 is 6.13. The van der Waals surface area contributed by atoms with Crippen molar-refractivity contribution >= 4 is 36.6 Å². The number of carbonyl (C=O) groups is 1. The number of aliphatic hydroxyl groups excluding tert-OH is 1. The van der Waals surface area contributed by atoms with E-state index in [9.17, 15) is 14.5 Å². The van der Waals surface area contributed by atoms with E-state index in [0.717, 1.165) is 0 Å². The van der Waals surface area contributed by atoms with Gasteiger partial charge in [-0.3, -0.25) is 13.9 Å². The van der Waals surface area contributed by atoms with E-state index in [4.69, 9.17) is 30.1 Å². The van der Waals surface area contributed by atoms with E-state index >= 15 is 4.39 Å². The lowest BCUT2D eigenvalue weighted by atomic mass is 10.1. The number of halogens is 2. The topological polar surface area (TPSA) is 147 Å². The first kappa shape index (κ1) is 28.3. The number of hydrogen-bond donors (Lipinski definition) is 2. The van der Waals surface area contributed by atoms with Gasteiger partial charge in [-0.1, -0.05) is 29.8 Å². The fourth-order valence-electron chi connectivity index (χ4n) is 3.81. The number of nitrogens with zero attached hydrogens (tertiary/aromatic N) is 4. The first-order valence-electron chi connectivity index (χ1n) is 11.8. The molecule has 2 aromatic heterocycles. The molecule has 1 aliphatic rings. The van der Waals surface area contributed by atoms with Gasteiger partial charge in [-0.2, -0.15) is 5.09 Å². The molecule has 1 fully saturated rings. The average Bonchev–Trinajstić information content (AvgIpc) is 3.29. The maximum Gasteiger partial charge on any atom is 0.459 e. The van der Waals surface area contributed by atoms with Crippen LogP contribution in [0.3, 0.4) is 0 Å². The zero-order chi connectivity index (χ0) is 27.7. The normalized spacial score (nSPS) is 25.8. The van der Waals surface area contributed by atoms with Gasteiger partial charge in [-0.25, -0.2) is 23.9 Å². The summed E-state index contributed by atoms with van der Waals surface area (Å²) in [6.07, 6.45) is -2.43. The standard InChI is InChI=1S/C23H28ClFN5O7P/c1-13(2)35-21(32)14(3)29-38(33,37-16-8-6-5-7-9-16)34-12-17-18(31)23(24,25)22(36-17)30-15(4)28-19-20(30)27-11-10-26-19/h5-11,13-14,17-18,22,31H,12H2,1-4H3,(H,29,33)/t14-,17+,18+,22+,23+,38-/m0/s1. The smallest absolute Gasteiger partial charge is 0.459 e. The summed E-state index contributed by atoms with van der Waals surface area (Å²) in [5.74, 6) is -0.218. The number of benzene rings is 1. The first-order valence-corrected chi connectivity index (χ1v) is 13.7. The van der Waals surface area contributed by atoms with Crippen molar-refractivity contribution in [3.63, 3.8) is 0 Å². The second-order valence-electron chi connectivity index (χ2n) is 8.91. The van der Waals surface area contributed by atoms with Crippen LogP contribution in [-0.2, 0) is 23.4 Å². The van der Waals surface area contributed by atoms with E-state index in [0.29, 0.717) is 5.82 Å². The van der Waals surface area contributed by atoms with Crippen molar-refractivity contribution in [2.24, 2.45) is 0 Å². The van der Waals surface area contributed by atoms with Crippen molar-refractivity contribution in [1.82, 2.24) is 24.6 Å². The van der Waals surface area contributed by atoms with Crippen molar-refractivity contribution in [2.45, 2.75) is 63.4 Å². The fraction of sp³-hybridized carbons (Fsp3) is 0.478. The number of aliphatic hydroxyl groups is 1. The second-order valence-corrected chi connectivity index (χ2v) is 11.2. The number of alkyl halides is 2. The Morgan fingerprint density at radius 2 is 1.97 bits per heavy atom. The molecular weight excluding hydrogens is 544 g/mol. The van der Waals surface area contributed by atoms with Crippen LogP contribution in [0.5, 0.6) is 5.75 Å². The van der Waals surface area contributed by atoms with E-state index < -0.39 is 56.0 Å². The maximum atomic E-state index is 15.7. The highest BCUT2D eigenvalue weighted by Crippen LogP contribution is 2.49. The lowest BCUT2D eigenvalue weighted by molar-refractivity contribution is -0.149. The van der Waals surface area contributed by atoms with Crippen molar-refractivity contribution in [3.8, 4) is 5.75 Å². The number of imidazole rings is 1. The molecule has 3 heterocycles. The molecule has 0 unspecified atom stereocenters. The van der Waals surface area contributed by atoms with E-state index in [1.807, 2.05) is 0 Å². The Morgan fingerprint density at radius 1 is 1.29 bits per heavy atom. The summed E-state index contributed by atoms with van der Waals surface area (Å²) in [7, 11) is -4.29. The van der Waals surface area contributed by atoms with Crippen molar-refractivity contribution in [2.75, 3.05) is 6.61 Å². The van der Waals surface area contributed by atoms with Crippen LogP contribution < -0.4 is 9.61 Å². The summed E-state index contributed by atoms with van der Waals surface area (Å²) in [4.78, 5) is 24.8. The molecule has 3 aromatic rings. The van der Waals surface area contributed by atoms with Crippen LogP contribution in [0.1, 0.15) is 32.8 Å². The highest BCUT2D eigenvalue weighted by molar-refractivity contribution is 7.52. The predicted octanol–water partition coefficient (Wildman–Crippen LogP) is 3.43. The SMILES string of the molecule is Cc1nc2nccnc2n1[C@@H]1O[C@H](CO[P@@](=O)(N[C@@H](C)C(=O)OC(C)C)Oc2ccccc2)[C@@H](O)[C@]1(F)Cl. The van der Waals surface area contributed by atoms with Gasteiger partial charge in [0.05, 0.1) is 12.7 Å². The van der Waals surface area contributed by atoms with Gasteiger partial charge in [0.1, 0.15) is 29.8 Å². The van der Waals surface area contributed by atoms with Gasteiger partial charge in [-0.15, -0.1) is 0 Å². The van der Waals surface area contributed by atoms with Gasteiger partial charge in [0, 0.05) is 12.4 Å². The zero-order valence-corrected chi connectivity index (χ0v) is 22.7. The maximum absolute atomic E-state index is 15.7. The Hall–Kier alpha value is -2.67. The number of para-hydroxylation sites is 1. The molecule has 1 aliphatic heterocycles. The molecule has 2 N–H and O–H groups in total. The van der Waals surface area contributed by atoms with E-state index in [-0.39, 0.29) is 17.0 Å². The molecule has 38 heavy (non-hydrogen) atoms. The van der Waals surface area contributed by atoms with Crippen LogP contribution in [0, 0.1) is 6.92 Å². The first-order chi connectivity index (χ1) is 17.9. The van der Waals surface area contributed by atoms with Gasteiger partial charge >= 0.3 is 13.7 Å². The van der Waals surface area contributed by atoms with Crippen LogP contribution in [0.4, 0.5) is 4.39 Å². The number of esters is 1. The molecule has 1 aromatic carbocycles. The summed E-state index contributed by atoms with van der Waals surface area (Å²) in [5.41, 5.74) is 0.436. The van der Waals surface area contributed by atoms with Gasteiger partial charge in [0.25, 0.3) is 5.13 Å². The molecule has 4 rings (SSSR count). The number of aryl methyl sites for hydroxylation is 1. The average molecular weight is 572 g/mol. The minimum Gasteiger partial charge on any atom is -0.462 e. The van der Waals surface area contributed by atoms with Crippen LogP contribution in [-0.4, -0.2) is 66.7 Å². The van der Waals surface area contributed by atoms with Gasteiger partial charge in [0.2, 0.25) is 0 Å². The number of hydrogen-bond acceptors (Lipinski definition) is 10. The molecule has 0 radical (unpaired) electrons. The molecule has 15 heteroatoms. The van der Waals surface area contributed by atoms with Gasteiger partial charge in [0.15, 0.2) is 17.5 Å². The third-order valence-corrected chi connectivity index (χ3v) is 7.61. The number of fused-ring (bicyclic) bond motifs is 1. The second kappa shape index (κ2) is 11.2. The van der Waals surface area contributed by atoms with Gasteiger partial charge in [-0.05, 0) is 39.8 Å². The summed E-state index contributed by atoms with van der Waals surface area (Å²) in [6.45, 7) is 5.73. The number of rotatable bonds is 10. The molecule has 0 bridgehead atoms. The lowest BCUT2D eigenvalue weighted by Gasteiger charge is -2.25. The van der Waals surface area contributed by atoms with Crippen molar-refractivity contribution < 1.29 is 37.4 Å². The van der Waals surface area contributed by atoms with Crippen molar-refractivity contribution in [1.29, 1.82) is 0 Å². The Kier molecular flexibility index (Phi) is 8.36. The third-order valence-electron chi connectivity index (χ3n) is 5.55. The molecule has 12 nitrogen and oxygen atoms in total. The van der Waals surface area contributed by atoms with E-state index in [2.05, 4.69) is 20.0 Å². The number of aromatic nitrogens is 4. The third kappa shape index (κ3) is 5.98. The monoisotopic (exact) mass is 571 g/mol. The molecule has 0 amide bonds. The quantitative estimate of drug-likeness (QED) is 0.209. The van der Waals surface area contributed by atoms with Crippen LogP contribution in [0.25, 0.3) is 11.3 Å². The highest BCUT2D eigenvalue weighted by Gasteiger charge is 2.58. The Morgan fingerprint density at radius 3 is 2.66 bits per heavy atom. The molecule has 6 atom stereocenters. The lowest BCUT2D eigenvalue weighted by Crippen LogP contribution is -2.40. The molecule has 0 saturated carbocycles. The fourth-order valence-corrected chi connectivity index (χ4v) is 5.60. The van der Waals surface area contributed by atoms with Gasteiger partial charge < -0.3 is 19.1 Å². The highest BCUT2D eigenvalue weighted by atomic mass is 35.5. The summed E-state index contributed by atoms with van der Waals surface area (Å²) in [5, 5.41) is 10.4.